The van der Waals surface area contributed by atoms with Crippen LogP contribution in [0.1, 0.15) is 60.8 Å². The number of nitrogens with zero attached hydrogens (tertiary/aromatic N) is 1. The van der Waals surface area contributed by atoms with Crippen LogP contribution in [0.15, 0.2) is 43.0 Å². The van der Waals surface area contributed by atoms with Crippen molar-refractivity contribution in [2.75, 3.05) is 33.9 Å². The van der Waals surface area contributed by atoms with E-state index in [2.05, 4.69) is 47.9 Å². The molecule has 4 bridgehead atoms. The molecule has 5 aliphatic carbocycles. The second-order valence-corrected chi connectivity index (χ2v) is 13.2. The highest BCUT2D eigenvalue weighted by molar-refractivity contribution is 5.63. The quantitative estimate of drug-likeness (QED) is 0.414. The average Bonchev–Trinajstić information content (AvgIpc) is 3.71. The Labute approximate surface area is 232 Å². The molecule has 1 saturated heterocycles. The summed E-state index contributed by atoms with van der Waals surface area (Å²) in [5.41, 5.74) is 5.13. The molecule has 7 aliphatic rings. The van der Waals surface area contributed by atoms with Crippen LogP contribution in [0.4, 0.5) is 0 Å². The predicted octanol–water partition coefficient (Wildman–Crippen LogP) is 5.78. The number of piperidine rings is 1. The predicted molar refractivity (Wildman–Crippen MR) is 151 cm³/mol. The topological polar surface area (TPSA) is 40.2 Å². The summed E-state index contributed by atoms with van der Waals surface area (Å²) in [6, 6.07) is 13.6. The van der Waals surface area contributed by atoms with Crippen molar-refractivity contribution in [3.8, 4) is 11.5 Å². The number of ether oxygens (including phenoxy) is 4. The van der Waals surface area contributed by atoms with Gasteiger partial charge in [-0.15, -0.1) is 0 Å². The second-order valence-electron chi connectivity index (χ2n) is 13.2. The fraction of sp³-hybridized carbons (Fsp3) is 0.588. The molecule has 2 heterocycles. The summed E-state index contributed by atoms with van der Waals surface area (Å²) in [5, 5.41) is 0. The van der Waals surface area contributed by atoms with Crippen molar-refractivity contribution in [1.29, 1.82) is 0 Å². The molecule has 5 heteroatoms. The second kappa shape index (κ2) is 8.58. The van der Waals surface area contributed by atoms with E-state index in [4.69, 9.17) is 18.9 Å². The standard InChI is InChI=1S/C34H41NO4/c1-4-22-5-9-24(10-6-22)20-38-21-26-18-32-13-14-34(26,37-3)31-33(32)15-16-35(19-23-7-8-23)28(32)17-25-11-12-27(36-2)30(39-31)29(25)33/h4-6,9-12,23,26,28,31H,1,7-8,13-21H2,2-3H3/t26-,28-,31-,32-,33+,34-/m1/s1. The first kappa shape index (κ1) is 24.5. The molecule has 39 heavy (non-hydrogen) atoms. The fourth-order valence-electron chi connectivity index (χ4n) is 9.96. The first-order valence-corrected chi connectivity index (χ1v) is 15.0. The van der Waals surface area contributed by atoms with E-state index in [1.54, 1.807) is 7.11 Å². The Kier molecular flexibility index (Phi) is 5.38. The number of rotatable bonds is 9. The van der Waals surface area contributed by atoms with Crippen LogP contribution in [0.5, 0.6) is 11.5 Å². The molecular weight excluding hydrogens is 486 g/mol. The van der Waals surface area contributed by atoms with Gasteiger partial charge in [-0.2, -0.15) is 0 Å². The van der Waals surface area contributed by atoms with Gasteiger partial charge < -0.3 is 18.9 Å². The van der Waals surface area contributed by atoms with Gasteiger partial charge in [-0.1, -0.05) is 43.0 Å². The SMILES string of the molecule is C=Cc1ccc(COC[C@H]2C[C@@]34CC[C@]2(OC)[C@@H]2Oc5c(OC)ccc6c5[C@@]23CCN(CC2CC2)[C@@H]4C6)cc1. The van der Waals surface area contributed by atoms with E-state index in [-0.39, 0.29) is 22.5 Å². The highest BCUT2D eigenvalue weighted by Crippen LogP contribution is 2.76. The molecule has 0 amide bonds. The van der Waals surface area contributed by atoms with Crippen LogP contribution in [0.3, 0.4) is 0 Å². The molecule has 5 nitrogen and oxygen atoms in total. The van der Waals surface area contributed by atoms with Crippen LogP contribution in [0.2, 0.25) is 0 Å². The van der Waals surface area contributed by atoms with Crippen LogP contribution >= 0.6 is 0 Å². The smallest absolute Gasteiger partial charge is 0.165 e. The van der Waals surface area contributed by atoms with E-state index in [1.165, 1.54) is 49.0 Å². The molecule has 4 saturated carbocycles. The summed E-state index contributed by atoms with van der Waals surface area (Å²) in [5.74, 6) is 3.08. The van der Waals surface area contributed by atoms with E-state index in [1.807, 2.05) is 13.2 Å². The van der Waals surface area contributed by atoms with Crippen LogP contribution in [0, 0.1) is 17.3 Å². The molecule has 9 rings (SSSR count). The van der Waals surface area contributed by atoms with Gasteiger partial charge in [0.2, 0.25) is 0 Å². The lowest BCUT2D eigenvalue weighted by Crippen LogP contribution is -2.81. The Morgan fingerprint density at radius 1 is 1.08 bits per heavy atom. The minimum absolute atomic E-state index is 0.000450. The maximum Gasteiger partial charge on any atom is 0.165 e. The Bertz CT molecular complexity index is 1300. The summed E-state index contributed by atoms with van der Waals surface area (Å²) in [7, 11) is 3.70. The van der Waals surface area contributed by atoms with Gasteiger partial charge in [0, 0.05) is 42.0 Å². The van der Waals surface area contributed by atoms with Gasteiger partial charge in [0.15, 0.2) is 11.5 Å². The number of hydrogen-bond acceptors (Lipinski definition) is 5. The number of fused-ring (bicyclic) bond motifs is 2. The molecule has 0 N–H and O–H groups in total. The van der Waals surface area contributed by atoms with Crippen LogP contribution in [-0.4, -0.2) is 56.6 Å². The largest absolute Gasteiger partial charge is 0.493 e. The summed E-state index contributed by atoms with van der Waals surface area (Å²) in [4.78, 5) is 2.90. The third-order valence-electron chi connectivity index (χ3n) is 11.8. The monoisotopic (exact) mass is 527 g/mol. The lowest BCUT2D eigenvalue weighted by Gasteiger charge is -2.74. The number of hydrogen-bond donors (Lipinski definition) is 0. The third kappa shape index (κ3) is 3.13. The highest BCUT2D eigenvalue weighted by atomic mass is 16.6. The molecular formula is C34H41NO4. The fourth-order valence-corrected chi connectivity index (χ4v) is 9.96. The van der Waals surface area contributed by atoms with Crippen molar-refractivity contribution in [2.24, 2.45) is 17.3 Å². The Morgan fingerprint density at radius 2 is 1.92 bits per heavy atom. The maximum absolute atomic E-state index is 7.14. The van der Waals surface area contributed by atoms with Crippen molar-refractivity contribution in [3.63, 3.8) is 0 Å². The zero-order valence-corrected chi connectivity index (χ0v) is 23.4. The van der Waals surface area contributed by atoms with Crippen molar-refractivity contribution in [2.45, 2.75) is 74.7 Å². The summed E-state index contributed by atoms with van der Waals surface area (Å²) in [6.45, 7) is 7.62. The number of benzene rings is 2. The highest BCUT2D eigenvalue weighted by Gasteiger charge is 2.80. The minimum atomic E-state index is -0.351. The van der Waals surface area contributed by atoms with Gasteiger partial charge in [-0.05, 0) is 80.2 Å². The van der Waals surface area contributed by atoms with E-state index in [0.717, 1.165) is 48.7 Å². The molecule has 5 fully saturated rings. The molecule has 0 unspecified atom stereocenters. The van der Waals surface area contributed by atoms with Crippen molar-refractivity contribution >= 4 is 6.08 Å². The zero-order valence-electron chi connectivity index (χ0n) is 23.4. The zero-order chi connectivity index (χ0) is 26.4. The molecule has 0 aromatic heterocycles. The van der Waals surface area contributed by atoms with Gasteiger partial charge in [-0.25, -0.2) is 0 Å². The number of likely N-dealkylation sites (tertiary alicyclic amines) is 1. The van der Waals surface area contributed by atoms with Gasteiger partial charge in [0.05, 0.1) is 20.3 Å². The summed E-state index contributed by atoms with van der Waals surface area (Å²) in [6.07, 6.45) is 10.4. The van der Waals surface area contributed by atoms with Crippen LogP contribution in [-0.2, 0) is 27.9 Å². The Balaban J connectivity index is 1.18. The molecule has 2 aromatic rings. The molecule has 206 valence electrons. The normalized spacial score (nSPS) is 37.3. The summed E-state index contributed by atoms with van der Waals surface area (Å²) < 4.78 is 26.2. The van der Waals surface area contributed by atoms with E-state index < -0.39 is 0 Å². The minimum Gasteiger partial charge on any atom is -0.493 e. The van der Waals surface area contributed by atoms with Crippen molar-refractivity contribution in [3.05, 3.63) is 65.2 Å². The first-order valence-electron chi connectivity index (χ1n) is 15.0. The lowest BCUT2D eigenvalue weighted by atomic mass is 9.35. The van der Waals surface area contributed by atoms with Crippen molar-refractivity contribution < 1.29 is 18.9 Å². The number of methoxy groups -OCH3 is 2. The van der Waals surface area contributed by atoms with Crippen LogP contribution in [0.25, 0.3) is 6.08 Å². The average molecular weight is 528 g/mol. The van der Waals surface area contributed by atoms with E-state index in [0.29, 0.717) is 25.2 Å². The van der Waals surface area contributed by atoms with Gasteiger partial charge in [0.25, 0.3) is 0 Å². The molecule has 6 atom stereocenters. The lowest BCUT2D eigenvalue weighted by molar-refractivity contribution is -0.283. The van der Waals surface area contributed by atoms with Crippen LogP contribution < -0.4 is 9.47 Å². The first-order chi connectivity index (χ1) is 19.1. The van der Waals surface area contributed by atoms with E-state index >= 15 is 0 Å². The molecule has 2 aromatic carbocycles. The van der Waals surface area contributed by atoms with Gasteiger partial charge >= 0.3 is 0 Å². The maximum atomic E-state index is 7.14. The van der Waals surface area contributed by atoms with Gasteiger partial charge in [-0.3, -0.25) is 4.90 Å². The Morgan fingerprint density at radius 3 is 2.67 bits per heavy atom. The molecule has 2 spiro atoms. The third-order valence-corrected chi connectivity index (χ3v) is 11.8. The summed E-state index contributed by atoms with van der Waals surface area (Å²) >= 11 is 0. The van der Waals surface area contributed by atoms with Crippen molar-refractivity contribution in [1.82, 2.24) is 4.90 Å². The molecule has 0 radical (unpaired) electrons. The molecule has 2 aliphatic heterocycles. The van der Waals surface area contributed by atoms with E-state index in [9.17, 15) is 0 Å². The van der Waals surface area contributed by atoms with Gasteiger partial charge in [0.1, 0.15) is 11.7 Å². The Hall–Kier alpha value is -2.34.